The van der Waals surface area contributed by atoms with Gasteiger partial charge < -0.3 is 15.1 Å². The van der Waals surface area contributed by atoms with Crippen LogP contribution in [0.2, 0.25) is 0 Å². The van der Waals surface area contributed by atoms with Crippen LogP contribution in [0.25, 0.3) is 0 Å². The molecule has 4 heteroatoms. The van der Waals surface area contributed by atoms with Crippen LogP contribution in [0.15, 0.2) is 0 Å². The van der Waals surface area contributed by atoms with Crippen LogP contribution >= 0.6 is 0 Å². The topological polar surface area (TPSA) is 35.6 Å². The smallest absolute Gasteiger partial charge is 0.320 e. The summed E-state index contributed by atoms with van der Waals surface area (Å²) in [6, 6.07) is 0.789. The van der Waals surface area contributed by atoms with E-state index in [-0.39, 0.29) is 6.03 Å². The van der Waals surface area contributed by atoms with Gasteiger partial charge in [-0.25, -0.2) is 4.79 Å². The predicted molar refractivity (Wildman–Crippen MR) is 82.9 cm³/mol. The predicted octanol–water partition coefficient (Wildman–Crippen LogP) is 2.69. The second kappa shape index (κ2) is 7.87. The number of unbranched alkanes of at least 4 members (excludes halogenated alkanes) is 1. The third-order valence-corrected chi connectivity index (χ3v) is 4.58. The van der Waals surface area contributed by atoms with Gasteiger partial charge in [0.2, 0.25) is 0 Å². The number of nitrogens with zero attached hydrogens (tertiary/aromatic N) is 2. The summed E-state index contributed by atoms with van der Waals surface area (Å²) in [6.07, 6.45) is 7.16. The lowest BCUT2D eigenvalue weighted by Crippen LogP contribution is -2.50. The van der Waals surface area contributed by atoms with E-state index in [9.17, 15) is 4.79 Å². The minimum absolute atomic E-state index is 0.277. The fraction of sp³-hybridized carbons (Fsp3) is 0.938. The Balaban J connectivity index is 1.91. The highest BCUT2D eigenvalue weighted by Gasteiger charge is 2.27. The standard InChI is InChI=1S/C16H31N3O/c1-3-4-10-19(13-15-8-5-9-17-15)16(20)18-11-6-7-14(2)12-18/h14-15,17H,3-13H2,1-2H3. The molecule has 2 rings (SSSR count). The summed E-state index contributed by atoms with van der Waals surface area (Å²) in [5.74, 6) is 0.658. The molecule has 0 saturated carbocycles. The van der Waals surface area contributed by atoms with Crippen molar-refractivity contribution >= 4 is 6.03 Å². The highest BCUT2D eigenvalue weighted by atomic mass is 16.2. The molecular formula is C16H31N3O. The van der Waals surface area contributed by atoms with Crippen LogP contribution in [0.1, 0.15) is 52.4 Å². The van der Waals surface area contributed by atoms with E-state index in [0.717, 1.165) is 52.0 Å². The van der Waals surface area contributed by atoms with Crippen LogP contribution in [-0.4, -0.2) is 54.6 Å². The number of hydrogen-bond acceptors (Lipinski definition) is 2. The van der Waals surface area contributed by atoms with E-state index in [1.54, 1.807) is 0 Å². The van der Waals surface area contributed by atoms with Gasteiger partial charge in [-0.05, 0) is 44.6 Å². The van der Waals surface area contributed by atoms with Crippen molar-refractivity contribution in [2.24, 2.45) is 5.92 Å². The molecule has 116 valence electrons. The number of hydrogen-bond donors (Lipinski definition) is 1. The van der Waals surface area contributed by atoms with E-state index in [4.69, 9.17) is 0 Å². The summed E-state index contributed by atoms with van der Waals surface area (Å²) in [5, 5.41) is 3.52. The summed E-state index contributed by atoms with van der Waals surface area (Å²) in [6.45, 7) is 9.26. The lowest BCUT2D eigenvalue weighted by atomic mass is 10.0. The van der Waals surface area contributed by atoms with Gasteiger partial charge in [0.15, 0.2) is 0 Å². The average Bonchev–Trinajstić information content (AvgIpc) is 2.95. The van der Waals surface area contributed by atoms with Gasteiger partial charge in [0, 0.05) is 32.2 Å². The average molecular weight is 281 g/mol. The van der Waals surface area contributed by atoms with Crippen molar-refractivity contribution in [1.82, 2.24) is 15.1 Å². The molecule has 1 N–H and O–H groups in total. The molecule has 4 nitrogen and oxygen atoms in total. The molecule has 0 aromatic heterocycles. The van der Waals surface area contributed by atoms with Crippen LogP contribution in [0.3, 0.4) is 0 Å². The molecular weight excluding hydrogens is 250 g/mol. The quantitative estimate of drug-likeness (QED) is 0.841. The fourth-order valence-electron chi connectivity index (χ4n) is 3.36. The Morgan fingerprint density at radius 3 is 2.85 bits per heavy atom. The van der Waals surface area contributed by atoms with Crippen molar-refractivity contribution in [3.05, 3.63) is 0 Å². The van der Waals surface area contributed by atoms with Crippen LogP contribution < -0.4 is 5.32 Å². The molecule has 0 bridgehead atoms. The Kier molecular flexibility index (Phi) is 6.14. The van der Waals surface area contributed by atoms with Crippen molar-refractivity contribution in [2.75, 3.05) is 32.7 Å². The lowest BCUT2D eigenvalue weighted by molar-refractivity contribution is 0.127. The first-order valence-corrected chi connectivity index (χ1v) is 8.48. The molecule has 0 radical (unpaired) electrons. The summed E-state index contributed by atoms with van der Waals surface area (Å²) < 4.78 is 0. The van der Waals surface area contributed by atoms with Gasteiger partial charge in [0.25, 0.3) is 0 Å². The van der Waals surface area contributed by atoms with Gasteiger partial charge in [0.1, 0.15) is 0 Å². The number of carbonyl (C=O) groups excluding carboxylic acids is 1. The summed E-state index contributed by atoms with van der Waals surface area (Å²) >= 11 is 0. The number of amides is 2. The van der Waals surface area contributed by atoms with E-state index >= 15 is 0 Å². The molecule has 2 amide bonds. The van der Waals surface area contributed by atoms with Crippen molar-refractivity contribution in [1.29, 1.82) is 0 Å². The number of piperidine rings is 1. The van der Waals surface area contributed by atoms with Gasteiger partial charge in [0.05, 0.1) is 0 Å². The monoisotopic (exact) mass is 281 g/mol. The largest absolute Gasteiger partial charge is 0.324 e. The molecule has 2 aliphatic heterocycles. The second-order valence-corrected chi connectivity index (χ2v) is 6.57. The number of urea groups is 1. The van der Waals surface area contributed by atoms with E-state index in [1.807, 2.05) is 0 Å². The highest BCUT2D eigenvalue weighted by Crippen LogP contribution is 2.18. The zero-order valence-electron chi connectivity index (χ0n) is 13.2. The van der Waals surface area contributed by atoms with Crippen molar-refractivity contribution in [2.45, 2.75) is 58.4 Å². The molecule has 2 heterocycles. The van der Waals surface area contributed by atoms with Gasteiger partial charge in [-0.3, -0.25) is 0 Å². The Morgan fingerprint density at radius 1 is 1.35 bits per heavy atom. The van der Waals surface area contributed by atoms with Crippen LogP contribution in [0.5, 0.6) is 0 Å². The zero-order valence-corrected chi connectivity index (χ0v) is 13.2. The van der Waals surface area contributed by atoms with Crippen molar-refractivity contribution < 1.29 is 4.79 Å². The van der Waals surface area contributed by atoms with E-state index in [2.05, 4.69) is 29.0 Å². The van der Waals surface area contributed by atoms with Gasteiger partial charge in [-0.15, -0.1) is 0 Å². The number of rotatable bonds is 5. The van der Waals surface area contributed by atoms with Gasteiger partial charge >= 0.3 is 6.03 Å². The molecule has 2 aliphatic rings. The maximum atomic E-state index is 12.8. The molecule has 2 saturated heterocycles. The maximum Gasteiger partial charge on any atom is 0.320 e. The van der Waals surface area contributed by atoms with Crippen molar-refractivity contribution in [3.63, 3.8) is 0 Å². The Hall–Kier alpha value is -0.770. The molecule has 2 fully saturated rings. The Bertz CT molecular complexity index is 302. The summed E-state index contributed by atoms with van der Waals surface area (Å²) in [5.41, 5.74) is 0. The molecule has 0 aromatic rings. The Labute approximate surface area is 123 Å². The van der Waals surface area contributed by atoms with Gasteiger partial charge in [-0.2, -0.15) is 0 Å². The lowest BCUT2D eigenvalue weighted by Gasteiger charge is -2.36. The SMILES string of the molecule is CCCCN(CC1CCCN1)C(=O)N1CCCC(C)C1. The number of nitrogens with one attached hydrogen (secondary N) is 1. The van der Waals surface area contributed by atoms with Crippen molar-refractivity contribution in [3.8, 4) is 0 Å². The minimum atomic E-state index is 0.277. The van der Waals surface area contributed by atoms with Crippen LogP contribution in [0, 0.1) is 5.92 Å². The Morgan fingerprint density at radius 2 is 2.20 bits per heavy atom. The number of likely N-dealkylation sites (tertiary alicyclic amines) is 1. The highest BCUT2D eigenvalue weighted by molar-refractivity contribution is 5.74. The second-order valence-electron chi connectivity index (χ2n) is 6.57. The summed E-state index contributed by atoms with van der Waals surface area (Å²) in [4.78, 5) is 16.9. The molecule has 0 spiro atoms. The van der Waals surface area contributed by atoms with E-state index < -0.39 is 0 Å². The third-order valence-electron chi connectivity index (χ3n) is 4.58. The van der Waals surface area contributed by atoms with E-state index in [1.165, 1.54) is 19.3 Å². The molecule has 2 atom stereocenters. The third kappa shape index (κ3) is 4.37. The first kappa shape index (κ1) is 15.6. The zero-order chi connectivity index (χ0) is 14.4. The molecule has 0 aliphatic carbocycles. The van der Waals surface area contributed by atoms with Gasteiger partial charge in [-0.1, -0.05) is 20.3 Å². The first-order chi connectivity index (χ1) is 9.70. The van der Waals surface area contributed by atoms with Crippen LogP contribution in [-0.2, 0) is 0 Å². The summed E-state index contributed by atoms with van der Waals surface area (Å²) in [7, 11) is 0. The maximum absolute atomic E-state index is 12.8. The molecule has 2 unspecified atom stereocenters. The molecule has 0 aromatic carbocycles. The minimum Gasteiger partial charge on any atom is -0.324 e. The van der Waals surface area contributed by atoms with Crippen LogP contribution in [0.4, 0.5) is 4.79 Å². The normalized spacial score (nSPS) is 26.8. The molecule has 20 heavy (non-hydrogen) atoms. The first-order valence-electron chi connectivity index (χ1n) is 8.48. The number of carbonyl (C=O) groups is 1. The van der Waals surface area contributed by atoms with E-state index in [0.29, 0.717) is 12.0 Å². The fourth-order valence-corrected chi connectivity index (χ4v) is 3.36.